The highest BCUT2D eigenvalue weighted by Crippen LogP contribution is 2.29. The number of rotatable bonds is 6. The number of amides is 1. The first-order valence-electron chi connectivity index (χ1n) is 7.10. The van der Waals surface area contributed by atoms with Gasteiger partial charge >= 0.3 is 0 Å². The molecule has 0 aliphatic carbocycles. The molecule has 1 heterocycles. The molecule has 0 saturated heterocycles. The van der Waals surface area contributed by atoms with Gasteiger partial charge in [-0.3, -0.25) is 14.9 Å². The van der Waals surface area contributed by atoms with Crippen molar-refractivity contribution < 1.29 is 19.1 Å². The van der Waals surface area contributed by atoms with Gasteiger partial charge in [0, 0.05) is 5.56 Å². The lowest BCUT2D eigenvalue weighted by Crippen LogP contribution is -2.19. The van der Waals surface area contributed by atoms with E-state index in [1.165, 1.54) is 11.3 Å². The van der Waals surface area contributed by atoms with Crippen molar-refractivity contribution in [3.63, 3.8) is 0 Å². The molecule has 3 aromatic rings. The highest BCUT2D eigenvalue weighted by atomic mass is 32.1. The number of methoxy groups -OCH3 is 1. The van der Waals surface area contributed by atoms with Crippen molar-refractivity contribution >= 4 is 38.9 Å². The third kappa shape index (κ3) is 3.69. The Balaban J connectivity index is 1.60. The Hall–Kier alpha value is -2.93. The summed E-state index contributed by atoms with van der Waals surface area (Å²) in [5.74, 6) is 0.955. The molecular formula is C17H14N2O4S. The number of carbonyl (C=O) groups is 2. The smallest absolute Gasteiger partial charge is 0.264 e. The number of aldehydes is 1. The van der Waals surface area contributed by atoms with E-state index in [1.54, 1.807) is 31.4 Å². The van der Waals surface area contributed by atoms with Crippen LogP contribution in [0.4, 0.5) is 5.13 Å². The molecule has 0 spiro atoms. The summed E-state index contributed by atoms with van der Waals surface area (Å²) in [7, 11) is 1.60. The summed E-state index contributed by atoms with van der Waals surface area (Å²) in [5, 5.41) is 3.21. The van der Waals surface area contributed by atoms with Gasteiger partial charge in [0.15, 0.2) is 11.7 Å². The number of nitrogens with one attached hydrogen (secondary N) is 1. The molecule has 0 bridgehead atoms. The Bertz CT molecular complexity index is 874. The van der Waals surface area contributed by atoms with Gasteiger partial charge in [0.25, 0.3) is 5.91 Å². The molecule has 0 radical (unpaired) electrons. The molecule has 1 aromatic heterocycles. The lowest BCUT2D eigenvalue weighted by Gasteiger charge is -2.05. The highest BCUT2D eigenvalue weighted by Gasteiger charge is 2.09. The lowest BCUT2D eigenvalue weighted by molar-refractivity contribution is -0.118. The van der Waals surface area contributed by atoms with Crippen molar-refractivity contribution in [2.45, 2.75) is 0 Å². The zero-order chi connectivity index (χ0) is 16.9. The van der Waals surface area contributed by atoms with Crippen molar-refractivity contribution in [3.05, 3.63) is 48.0 Å². The van der Waals surface area contributed by atoms with Gasteiger partial charge in [-0.2, -0.15) is 0 Å². The number of fused-ring (bicyclic) bond motifs is 1. The van der Waals surface area contributed by atoms with E-state index in [1.807, 2.05) is 18.2 Å². The van der Waals surface area contributed by atoms with E-state index in [-0.39, 0.29) is 12.5 Å². The van der Waals surface area contributed by atoms with Crippen LogP contribution in [0.3, 0.4) is 0 Å². The van der Waals surface area contributed by atoms with Crippen molar-refractivity contribution in [3.8, 4) is 11.5 Å². The second kappa shape index (κ2) is 7.10. The molecule has 6 nitrogen and oxygen atoms in total. The summed E-state index contributed by atoms with van der Waals surface area (Å²) in [6, 6.07) is 12.1. The normalized spacial score (nSPS) is 10.4. The first kappa shape index (κ1) is 15.9. The highest BCUT2D eigenvalue weighted by molar-refractivity contribution is 7.22. The minimum atomic E-state index is -0.305. The molecule has 3 rings (SSSR count). The van der Waals surface area contributed by atoms with Gasteiger partial charge < -0.3 is 9.47 Å². The number of benzene rings is 2. The summed E-state index contributed by atoms with van der Waals surface area (Å²) in [5.41, 5.74) is 1.35. The van der Waals surface area contributed by atoms with E-state index >= 15 is 0 Å². The van der Waals surface area contributed by atoms with Crippen LogP contribution in [0.1, 0.15) is 10.4 Å². The summed E-state index contributed by atoms with van der Waals surface area (Å²) in [6.07, 6.45) is 0.749. The quantitative estimate of drug-likeness (QED) is 0.696. The van der Waals surface area contributed by atoms with Gasteiger partial charge in [-0.05, 0) is 42.5 Å². The molecule has 122 valence electrons. The van der Waals surface area contributed by atoms with Crippen molar-refractivity contribution in [2.24, 2.45) is 0 Å². The van der Waals surface area contributed by atoms with E-state index in [4.69, 9.17) is 9.47 Å². The summed E-state index contributed by atoms with van der Waals surface area (Å²) in [6.45, 7) is -0.139. The molecule has 0 unspecified atom stereocenters. The molecule has 1 amide bonds. The van der Waals surface area contributed by atoms with Gasteiger partial charge in [0.05, 0.1) is 17.3 Å². The topological polar surface area (TPSA) is 77.5 Å². The van der Waals surface area contributed by atoms with E-state index in [2.05, 4.69) is 10.3 Å². The maximum atomic E-state index is 12.0. The second-order valence-corrected chi connectivity index (χ2v) is 5.91. The zero-order valence-corrected chi connectivity index (χ0v) is 13.6. The molecule has 24 heavy (non-hydrogen) atoms. The zero-order valence-electron chi connectivity index (χ0n) is 12.8. The first-order valence-corrected chi connectivity index (χ1v) is 7.92. The fraction of sp³-hybridized carbons (Fsp3) is 0.118. The third-order valence-corrected chi connectivity index (χ3v) is 4.16. The predicted molar refractivity (Wildman–Crippen MR) is 92.1 cm³/mol. The minimum Gasteiger partial charge on any atom is -0.497 e. The largest absolute Gasteiger partial charge is 0.497 e. The predicted octanol–water partition coefficient (Wildman–Crippen LogP) is 3.13. The van der Waals surface area contributed by atoms with Crippen LogP contribution in [0.5, 0.6) is 11.5 Å². The van der Waals surface area contributed by atoms with Gasteiger partial charge in [-0.1, -0.05) is 11.3 Å². The molecule has 0 atom stereocenters. The Morgan fingerprint density at radius 2 is 1.96 bits per heavy atom. The van der Waals surface area contributed by atoms with Gasteiger partial charge in [-0.25, -0.2) is 4.98 Å². The molecule has 0 fully saturated rings. The van der Waals surface area contributed by atoms with Crippen LogP contribution in [0, 0.1) is 0 Å². The molecule has 2 aromatic carbocycles. The van der Waals surface area contributed by atoms with Crippen LogP contribution in [0.2, 0.25) is 0 Å². The van der Waals surface area contributed by atoms with Crippen LogP contribution in [-0.4, -0.2) is 30.9 Å². The average Bonchev–Trinajstić information content (AvgIpc) is 3.01. The Morgan fingerprint density at radius 3 is 2.67 bits per heavy atom. The van der Waals surface area contributed by atoms with Crippen molar-refractivity contribution in [1.29, 1.82) is 0 Å². The van der Waals surface area contributed by atoms with Gasteiger partial charge in [-0.15, -0.1) is 0 Å². The van der Waals surface area contributed by atoms with Crippen LogP contribution in [0.15, 0.2) is 42.5 Å². The number of carbonyl (C=O) groups excluding carboxylic acids is 2. The molecule has 0 aliphatic heterocycles. The number of thiazole rings is 1. The first-order chi connectivity index (χ1) is 11.7. The Kier molecular flexibility index (Phi) is 4.72. The van der Waals surface area contributed by atoms with Crippen LogP contribution in [0.25, 0.3) is 10.2 Å². The number of ether oxygens (including phenoxy) is 2. The fourth-order valence-electron chi connectivity index (χ4n) is 2.03. The van der Waals surface area contributed by atoms with E-state index in [0.29, 0.717) is 16.4 Å². The third-order valence-electron chi connectivity index (χ3n) is 3.23. The molecule has 7 heteroatoms. The van der Waals surface area contributed by atoms with E-state index < -0.39 is 0 Å². The number of anilines is 1. The van der Waals surface area contributed by atoms with Crippen LogP contribution >= 0.6 is 11.3 Å². The fourth-order valence-corrected chi connectivity index (χ4v) is 2.94. The Morgan fingerprint density at radius 1 is 1.21 bits per heavy atom. The lowest BCUT2D eigenvalue weighted by atomic mass is 10.2. The minimum absolute atomic E-state index is 0.139. The summed E-state index contributed by atoms with van der Waals surface area (Å²) in [4.78, 5) is 26.9. The van der Waals surface area contributed by atoms with Gasteiger partial charge in [0.1, 0.15) is 17.8 Å². The molecule has 0 aliphatic rings. The van der Waals surface area contributed by atoms with E-state index in [9.17, 15) is 9.59 Å². The van der Waals surface area contributed by atoms with Crippen molar-refractivity contribution in [2.75, 3.05) is 19.0 Å². The average molecular weight is 342 g/mol. The summed E-state index contributed by atoms with van der Waals surface area (Å²) >= 11 is 1.36. The Labute approximate surface area is 142 Å². The summed E-state index contributed by atoms with van der Waals surface area (Å²) < 4.78 is 11.5. The standard InChI is InChI=1S/C17H14N2O4S/c1-22-13-6-7-14-15(8-13)24-17(18-14)19-16(21)10-23-12-4-2-11(9-20)3-5-12/h2-9H,10H2,1H3,(H,18,19,21). The number of aromatic nitrogens is 1. The van der Waals surface area contributed by atoms with Crippen molar-refractivity contribution in [1.82, 2.24) is 4.98 Å². The monoisotopic (exact) mass is 342 g/mol. The number of hydrogen-bond donors (Lipinski definition) is 1. The van der Waals surface area contributed by atoms with E-state index in [0.717, 1.165) is 22.3 Å². The maximum Gasteiger partial charge on any atom is 0.264 e. The number of nitrogens with zero attached hydrogens (tertiary/aromatic N) is 1. The molecule has 0 saturated carbocycles. The van der Waals surface area contributed by atoms with Gasteiger partial charge in [0.2, 0.25) is 0 Å². The second-order valence-electron chi connectivity index (χ2n) is 4.88. The molecule has 1 N–H and O–H groups in total. The maximum absolute atomic E-state index is 12.0. The van der Waals surface area contributed by atoms with Crippen LogP contribution < -0.4 is 14.8 Å². The van der Waals surface area contributed by atoms with Crippen LogP contribution in [-0.2, 0) is 4.79 Å². The SMILES string of the molecule is COc1ccc2nc(NC(=O)COc3ccc(C=O)cc3)sc2c1. The number of hydrogen-bond acceptors (Lipinski definition) is 6. The molecular weight excluding hydrogens is 328 g/mol.